The zero-order chi connectivity index (χ0) is 22.6. The van der Waals surface area contributed by atoms with Gasteiger partial charge in [-0.05, 0) is 60.9 Å². The summed E-state index contributed by atoms with van der Waals surface area (Å²) in [6.45, 7) is 7.04. The average Bonchev–Trinajstić information content (AvgIpc) is 3.04. The fourth-order valence-corrected chi connectivity index (χ4v) is 6.14. The number of aromatic hydroxyl groups is 2. The van der Waals surface area contributed by atoms with E-state index in [0.29, 0.717) is 23.7 Å². The number of hydrogen-bond donors (Lipinski definition) is 3. The van der Waals surface area contributed by atoms with Crippen LogP contribution >= 0.6 is 27.5 Å². The first-order valence-corrected chi connectivity index (χ1v) is 11.6. The van der Waals surface area contributed by atoms with Crippen molar-refractivity contribution in [2.75, 3.05) is 5.32 Å². The molecule has 0 spiro atoms. The molecule has 3 unspecified atom stereocenters. The lowest BCUT2D eigenvalue weighted by Gasteiger charge is -2.38. The fraction of sp³-hybridized carbons (Fsp3) is 0.458. The number of hydrogen-bond acceptors (Lipinski definition) is 5. The number of nitrogens with one attached hydrogen (secondary N) is 1. The lowest BCUT2D eigenvalue weighted by molar-refractivity contribution is -0.0244. The van der Waals surface area contributed by atoms with Crippen LogP contribution in [0.1, 0.15) is 56.0 Å². The minimum Gasteiger partial charge on any atom is -0.507 e. The smallest absolute Gasteiger partial charge is 0.342 e. The van der Waals surface area contributed by atoms with Crippen LogP contribution in [0, 0.1) is 16.7 Å². The predicted octanol–water partition coefficient (Wildman–Crippen LogP) is 6.50. The van der Waals surface area contributed by atoms with Crippen LogP contribution in [0.3, 0.4) is 0 Å². The molecular weight excluding hydrogens is 482 g/mol. The van der Waals surface area contributed by atoms with Gasteiger partial charge >= 0.3 is 5.97 Å². The molecule has 3 atom stereocenters. The molecule has 0 radical (unpaired) electrons. The molecule has 3 N–H and O–H groups in total. The van der Waals surface area contributed by atoms with Crippen LogP contribution in [0.25, 0.3) is 0 Å². The summed E-state index contributed by atoms with van der Waals surface area (Å²) >= 11 is 9.39. The van der Waals surface area contributed by atoms with E-state index in [2.05, 4.69) is 42.0 Å². The number of anilines is 1. The molecule has 166 valence electrons. The second kappa shape index (κ2) is 7.89. The van der Waals surface area contributed by atoms with E-state index >= 15 is 0 Å². The van der Waals surface area contributed by atoms with Crippen molar-refractivity contribution in [3.05, 3.63) is 51.0 Å². The topological polar surface area (TPSA) is 78.8 Å². The Morgan fingerprint density at radius 2 is 2.00 bits per heavy atom. The number of phenolic OH excluding ortho intramolecular Hbond substituents is 2. The molecular formula is C24H27BrClNO4. The van der Waals surface area contributed by atoms with Gasteiger partial charge in [0.2, 0.25) is 0 Å². The van der Waals surface area contributed by atoms with Gasteiger partial charge in [0.15, 0.2) is 0 Å². The SMILES string of the molecule is CC1(C)C2CCC1(C)C(OC(=O)c1cc(NCc3cc(Br)cc(Cl)c3O)ccc1O)C2. The van der Waals surface area contributed by atoms with Gasteiger partial charge in [-0.15, -0.1) is 0 Å². The van der Waals surface area contributed by atoms with E-state index < -0.39 is 5.97 Å². The highest BCUT2D eigenvalue weighted by Crippen LogP contribution is 2.66. The zero-order valence-corrected chi connectivity index (χ0v) is 20.2. The normalized spacial score (nSPS) is 26.1. The molecule has 2 aliphatic carbocycles. The van der Waals surface area contributed by atoms with E-state index in [4.69, 9.17) is 16.3 Å². The third kappa shape index (κ3) is 3.78. The number of ether oxygens (including phenoxy) is 1. The van der Waals surface area contributed by atoms with Gasteiger partial charge < -0.3 is 20.3 Å². The standard InChI is InChI=1S/C24H27BrClNO4/c1-23(2)14-6-7-24(23,3)20(9-14)31-22(30)17-11-16(4-5-19(17)28)27-12-13-8-15(25)10-18(26)21(13)29/h4-5,8,10-11,14,20,27-29H,6-7,9,12H2,1-3H3. The average molecular weight is 509 g/mol. The number of carbonyl (C=O) groups is 1. The van der Waals surface area contributed by atoms with Crippen molar-refractivity contribution in [2.45, 2.75) is 52.7 Å². The van der Waals surface area contributed by atoms with Gasteiger partial charge in [-0.25, -0.2) is 4.79 Å². The van der Waals surface area contributed by atoms with Crippen LogP contribution in [0.2, 0.25) is 5.02 Å². The Labute approximate surface area is 195 Å². The highest BCUT2D eigenvalue weighted by molar-refractivity contribution is 9.10. The minimum absolute atomic E-state index is 0.00271. The van der Waals surface area contributed by atoms with Gasteiger partial charge in [0.1, 0.15) is 23.2 Å². The molecule has 4 rings (SSSR count). The van der Waals surface area contributed by atoms with Gasteiger partial charge in [0.25, 0.3) is 0 Å². The summed E-state index contributed by atoms with van der Waals surface area (Å²) < 4.78 is 6.68. The van der Waals surface area contributed by atoms with Crippen molar-refractivity contribution < 1.29 is 19.7 Å². The fourth-order valence-electron chi connectivity index (χ4n) is 5.26. The summed E-state index contributed by atoms with van der Waals surface area (Å²) in [5.74, 6) is -0.0648. The summed E-state index contributed by atoms with van der Waals surface area (Å²) in [5.41, 5.74) is 1.45. The number of carbonyl (C=O) groups excluding carboxylic acids is 1. The maximum atomic E-state index is 12.9. The Bertz CT molecular complexity index is 1040. The quantitative estimate of drug-likeness (QED) is 0.317. The number of fused-ring (bicyclic) bond motifs is 2. The number of esters is 1. The van der Waals surface area contributed by atoms with E-state index in [1.54, 1.807) is 24.3 Å². The van der Waals surface area contributed by atoms with E-state index in [1.807, 2.05) is 0 Å². The van der Waals surface area contributed by atoms with Crippen LogP contribution in [0.15, 0.2) is 34.8 Å². The van der Waals surface area contributed by atoms with Crippen molar-refractivity contribution in [3.8, 4) is 11.5 Å². The third-order valence-electron chi connectivity index (χ3n) is 7.77. The highest BCUT2D eigenvalue weighted by atomic mass is 79.9. The van der Waals surface area contributed by atoms with Crippen LogP contribution in [-0.4, -0.2) is 22.3 Å². The maximum Gasteiger partial charge on any atom is 0.342 e. The summed E-state index contributed by atoms with van der Waals surface area (Å²) in [5, 5.41) is 23.9. The largest absolute Gasteiger partial charge is 0.507 e. The van der Waals surface area contributed by atoms with E-state index in [0.717, 1.165) is 17.3 Å². The molecule has 7 heteroatoms. The first-order valence-electron chi connectivity index (χ1n) is 10.5. The van der Waals surface area contributed by atoms with Gasteiger partial charge in [-0.3, -0.25) is 0 Å². The molecule has 0 aromatic heterocycles. The van der Waals surface area contributed by atoms with Crippen molar-refractivity contribution in [1.29, 1.82) is 0 Å². The zero-order valence-electron chi connectivity index (χ0n) is 17.8. The van der Waals surface area contributed by atoms with Crippen molar-refractivity contribution in [1.82, 2.24) is 0 Å². The van der Waals surface area contributed by atoms with Gasteiger partial charge in [0, 0.05) is 27.7 Å². The molecule has 2 fully saturated rings. The highest BCUT2D eigenvalue weighted by Gasteiger charge is 2.62. The van der Waals surface area contributed by atoms with Crippen LogP contribution in [0.5, 0.6) is 11.5 Å². The first kappa shape index (κ1) is 22.3. The third-order valence-corrected chi connectivity index (χ3v) is 8.52. The Morgan fingerprint density at radius 3 is 2.65 bits per heavy atom. The summed E-state index contributed by atoms with van der Waals surface area (Å²) in [6, 6.07) is 8.10. The summed E-state index contributed by atoms with van der Waals surface area (Å²) in [6.07, 6.45) is 2.95. The molecule has 0 aliphatic heterocycles. The minimum atomic E-state index is -0.510. The molecule has 0 amide bonds. The number of halogens is 2. The molecule has 31 heavy (non-hydrogen) atoms. The molecule has 2 aliphatic rings. The molecule has 5 nitrogen and oxygen atoms in total. The maximum absolute atomic E-state index is 12.9. The van der Waals surface area contributed by atoms with Crippen molar-refractivity contribution >= 4 is 39.2 Å². The summed E-state index contributed by atoms with van der Waals surface area (Å²) in [4.78, 5) is 12.9. The Morgan fingerprint density at radius 1 is 1.26 bits per heavy atom. The molecule has 2 bridgehead atoms. The van der Waals surface area contributed by atoms with Crippen molar-refractivity contribution in [3.63, 3.8) is 0 Å². The number of rotatable bonds is 5. The first-order chi connectivity index (χ1) is 14.5. The van der Waals surface area contributed by atoms with Crippen LogP contribution in [0.4, 0.5) is 5.69 Å². The lowest BCUT2D eigenvalue weighted by atomic mass is 9.70. The second-order valence-corrected chi connectivity index (χ2v) is 10.8. The Hall–Kier alpha value is -1.92. The van der Waals surface area contributed by atoms with Crippen molar-refractivity contribution in [2.24, 2.45) is 16.7 Å². The van der Waals surface area contributed by atoms with Gasteiger partial charge in [0.05, 0.1) is 5.02 Å². The molecule has 0 saturated heterocycles. The Kier molecular flexibility index (Phi) is 5.67. The predicted molar refractivity (Wildman–Crippen MR) is 125 cm³/mol. The number of phenols is 2. The van der Waals surface area contributed by atoms with Gasteiger partial charge in [-0.2, -0.15) is 0 Å². The Balaban J connectivity index is 1.49. The van der Waals surface area contributed by atoms with E-state index in [1.165, 1.54) is 12.5 Å². The molecule has 2 saturated carbocycles. The second-order valence-electron chi connectivity index (χ2n) is 9.49. The summed E-state index contributed by atoms with van der Waals surface area (Å²) in [7, 11) is 0. The van der Waals surface area contributed by atoms with Crippen LogP contribution in [-0.2, 0) is 11.3 Å². The molecule has 2 aromatic rings. The van der Waals surface area contributed by atoms with E-state index in [9.17, 15) is 15.0 Å². The molecule has 0 heterocycles. The van der Waals surface area contributed by atoms with E-state index in [-0.39, 0.29) is 39.0 Å². The lowest BCUT2D eigenvalue weighted by Crippen LogP contribution is -2.38. The van der Waals surface area contributed by atoms with Gasteiger partial charge in [-0.1, -0.05) is 48.3 Å². The number of benzene rings is 2. The van der Waals surface area contributed by atoms with Crippen LogP contribution < -0.4 is 5.32 Å². The monoisotopic (exact) mass is 507 g/mol. The molecule has 2 aromatic carbocycles.